The third kappa shape index (κ3) is 4.67. The Hall–Kier alpha value is -0.230. The predicted molar refractivity (Wildman–Crippen MR) is 84.7 cm³/mol. The summed E-state index contributed by atoms with van der Waals surface area (Å²) >= 11 is 8.31. The number of hydrazine groups is 1. The minimum Gasteiger partial charge on any atom is -0.271 e. The molecule has 110 valence electrons. The number of halogens is 1. The average molecular weight is 305 g/mol. The summed E-state index contributed by atoms with van der Waals surface area (Å²) in [4.78, 5) is 0. The number of nitrogens with two attached hydrogens (primary N) is 1. The number of nitrogens with one attached hydrogen (secondary N) is 1. The summed E-state index contributed by atoms with van der Waals surface area (Å²) in [5.74, 6) is 6.62. The van der Waals surface area contributed by atoms with Crippen LogP contribution in [0.3, 0.4) is 0 Å². The molecular weight excluding hydrogens is 280 g/mol. The van der Waals surface area contributed by atoms with Gasteiger partial charge >= 0.3 is 0 Å². The molecular formula is C13H25ClN4S. The lowest BCUT2D eigenvalue weighted by atomic mass is 10.1. The van der Waals surface area contributed by atoms with Crippen LogP contribution in [0.1, 0.15) is 39.1 Å². The van der Waals surface area contributed by atoms with Crippen LogP contribution in [-0.4, -0.2) is 26.8 Å². The summed E-state index contributed by atoms with van der Waals surface area (Å²) in [6.45, 7) is 9.38. The van der Waals surface area contributed by atoms with Crippen molar-refractivity contribution in [2.24, 2.45) is 5.84 Å². The number of aromatic nitrogens is 2. The van der Waals surface area contributed by atoms with E-state index in [1.807, 2.05) is 16.4 Å². The number of hydrogen-bond acceptors (Lipinski definition) is 4. The second-order valence-electron chi connectivity index (χ2n) is 4.83. The molecule has 3 N–H and O–H groups in total. The molecule has 0 radical (unpaired) electrons. The Kier molecular flexibility index (Phi) is 7.21. The maximum Gasteiger partial charge on any atom is 0.0850 e. The minimum absolute atomic E-state index is 0.219. The molecule has 0 aliphatic carbocycles. The Labute approximate surface area is 125 Å². The molecule has 0 saturated heterocycles. The summed E-state index contributed by atoms with van der Waals surface area (Å²) in [5, 5.41) is 5.95. The van der Waals surface area contributed by atoms with Crippen LogP contribution >= 0.6 is 23.4 Å². The zero-order valence-corrected chi connectivity index (χ0v) is 13.8. The van der Waals surface area contributed by atoms with Crippen molar-refractivity contribution in [3.63, 3.8) is 0 Å². The standard InChI is InChI=1S/C13H25ClN4S/c1-5-11-13(14)12(18(6-2)17-11)7-10(16-15)8-19-9(3)4/h9-10,16H,5-8,15H2,1-4H3. The van der Waals surface area contributed by atoms with E-state index in [1.165, 1.54) is 0 Å². The number of rotatable bonds is 8. The van der Waals surface area contributed by atoms with Gasteiger partial charge in [-0.25, -0.2) is 0 Å². The van der Waals surface area contributed by atoms with E-state index < -0.39 is 0 Å². The number of hydrogen-bond donors (Lipinski definition) is 2. The number of aryl methyl sites for hydroxylation is 2. The first-order chi connectivity index (χ1) is 9.03. The van der Waals surface area contributed by atoms with Gasteiger partial charge in [-0.1, -0.05) is 32.4 Å². The van der Waals surface area contributed by atoms with Crippen molar-refractivity contribution in [1.29, 1.82) is 0 Å². The second kappa shape index (κ2) is 8.15. The normalized spacial score (nSPS) is 13.2. The summed E-state index contributed by atoms with van der Waals surface area (Å²) in [6, 6.07) is 0.219. The van der Waals surface area contributed by atoms with E-state index in [9.17, 15) is 0 Å². The molecule has 19 heavy (non-hydrogen) atoms. The molecule has 0 amide bonds. The van der Waals surface area contributed by atoms with Crippen LogP contribution in [0, 0.1) is 0 Å². The smallest absolute Gasteiger partial charge is 0.0850 e. The first kappa shape index (κ1) is 16.8. The third-order valence-electron chi connectivity index (χ3n) is 3.00. The highest BCUT2D eigenvalue weighted by atomic mass is 35.5. The Morgan fingerprint density at radius 1 is 1.42 bits per heavy atom. The minimum atomic E-state index is 0.219. The van der Waals surface area contributed by atoms with Gasteiger partial charge in [0.2, 0.25) is 0 Å². The van der Waals surface area contributed by atoms with E-state index in [1.54, 1.807) is 0 Å². The first-order valence-corrected chi connectivity index (χ1v) is 8.27. The zero-order chi connectivity index (χ0) is 14.4. The van der Waals surface area contributed by atoms with Crippen LogP contribution in [0.5, 0.6) is 0 Å². The van der Waals surface area contributed by atoms with Crippen LogP contribution in [0.15, 0.2) is 0 Å². The lowest BCUT2D eigenvalue weighted by Crippen LogP contribution is -2.39. The molecule has 1 atom stereocenters. The van der Waals surface area contributed by atoms with Gasteiger partial charge in [-0.05, 0) is 18.6 Å². The van der Waals surface area contributed by atoms with Crippen LogP contribution in [-0.2, 0) is 19.4 Å². The molecule has 1 rings (SSSR count). The quantitative estimate of drug-likeness (QED) is 0.572. The zero-order valence-electron chi connectivity index (χ0n) is 12.2. The van der Waals surface area contributed by atoms with Crippen LogP contribution in [0.4, 0.5) is 0 Å². The van der Waals surface area contributed by atoms with E-state index in [4.69, 9.17) is 17.4 Å². The van der Waals surface area contributed by atoms with E-state index in [0.717, 1.165) is 41.5 Å². The molecule has 1 aromatic rings. The van der Waals surface area contributed by atoms with Gasteiger partial charge in [-0.2, -0.15) is 16.9 Å². The van der Waals surface area contributed by atoms with E-state index in [2.05, 4.69) is 38.2 Å². The average Bonchev–Trinajstić information content (AvgIpc) is 2.70. The molecule has 1 heterocycles. The topological polar surface area (TPSA) is 55.9 Å². The van der Waals surface area contributed by atoms with Gasteiger partial charge in [0.1, 0.15) is 0 Å². The van der Waals surface area contributed by atoms with Crippen LogP contribution < -0.4 is 11.3 Å². The second-order valence-corrected chi connectivity index (χ2v) is 6.81. The van der Waals surface area contributed by atoms with Crippen molar-refractivity contribution in [1.82, 2.24) is 15.2 Å². The highest BCUT2D eigenvalue weighted by Gasteiger charge is 2.18. The van der Waals surface area contributed by atoms with Gasteiger partial charge in [-0.15, -0.1) is 0 Å². The molecule has 0 spiro atoms. The van der Waals surface area contributed by atoms with Crippen LogP contribution in [0.2, 0.25) is 5.02 Å². The van der Waals surface area contributed by atoms with Gasteiger partial charge < -0.3 is 0 Å². The summed E-state index contributed by atoms with van der Waals surface area (Å²) < 4.78 is 1.99. The van der Waals surface area contributed by atoms with E-state index in [-0.39, 0.29) is 6.04 Å². The lowest BCUT2D eigenvalue weighted by molar-refractivity contribution is 0.533. The Morgan fingerprint density at radius 2 is 2.11 bits per heavy atom. The van der Waals surface area contributed by atoms with Crippen molar-refractivity contribution in [2.45, 2.75) is 58.4 Å². The van der Waals surface area contributed by atoms with Gasteiger partial charge in [-0.3, -0.25) is 16.0 Å². The molecule has 0 aliphatic heterocycles. The van der Waals surface area contributed by atoms with Gasteiger partial charge in [0, 0.05) is 24.8 Å². The Morgan fingerprint density at radius 3 is 2.58 bits per heavy atom. The maximum absolute atomic E-state index is 6.41. The van der Waals surface area contributed by atoms with E-state index >= 15 is 0 Å². The highest BCUT2D eigenvalue weighted by molar-refractivity contribution is 7.99. The number of thioether (sulfide) groups is 1. The first-order valence-electron chi connectivity index (χ1n) is 6.85. The number of nitrogens with zero attached hydrogens (tertiary/aromatic N) is 2. The SMILES string of the molecule is CCc1nn(CC)c(CC(CSC(C)C)NN)c1Cl. The molecule has 6 heteroatoms. The molecule has 1 aromatic heterocycles. The molecule has 1 unspecified atom stereocenters. The van der Waals surface area contributed by atoms with Crippen molar-refractivity contribution in [3.05, 3.63) is 16.4 Å². The summed E-state index contributed by atoms with van der Waals surface area (Å²) in [6.07, 6.45) is 1.68. The van der Waals surface area contributed by atoms with Crippen LogP contribution in [0.25, 0.3) is 0 Å². The Balaban J connectivity index is 2.80. The van der Waals surface area contributed by atoms with Crippen molar-refractivity contribution < 1.29 is 0 Å². The van der Waals surface area contributed by atoms with Gasteiger partial charge in [0.25, 0.3) is 0 Å². The molecule has 0 bridgehead atoms. The fraction of sp³-hybridized carbons (Fsp3) is 0.769. The molecule has 0 aliphatic rings. The molecule has 0 fully saturated rings. The highest BCUT2D eigenvalue weighted by Crippen LogP contribution is 2.24. The largest absolute Gasteiger partial charge is 0.271 e. The van der Waals surface area contributed by atoms with Crippen molar-refractivity contribution in [3.8, 4) is 0 Å². The lowest BCUT2D eigenvalue weighted by Gasteiger charge is -2.17. The summed E-state index contributed by atoms with van der Waals surface area (Å²) in [5.41, 5.74) is 4.96. The van der Waals surface area contributed by atoms with Crippen molar-refractivity contribution in [2.75, 3.05) is 5.75 Å². The molecule has 4 nitrogen and oxygen atoms in total. The van der Waals surface area contributed by atoms with Gasteiger partial charge in [0.15, 0.2) is 0 Å². The third-order valence-corrected chi connectivity index (χ3v) is 4.70. The van der Waals surface area contributed by atoms with Gasteiger partial charge in [0.05, 0.1) is 16.4 Å². The molecule has 0 saturated carbocycles. The fourth-order valence-corrected chi connectivity index (χ4v) is 3.10. The molecule has 0 aromatic carbocycles. The van der Waals surface area contributed by atoms with Crippen molar-refractivity contribution >= 4 is 23.4 Å². The Bertz CT molecular complexity index is 392. The summed E-state index contributed by atoms with van der Waals surface area (Å²) in [7, 11) is 0. The van der Waals surface area contributed by atoms with E-state index in [0.29, 0.717) is 5.25 Å². The monoisotopic (exact) mass is 304 g/mol. The predicted octanol–water partition coefficient (Wildman–Crippen LogP) is 2.63. The maximum atomic E-state index is 6.41. The fourth-order valence-electron chi connectivity index (χ4n) is 1.92.